The molecule has 0 saturated heterocycles. The minimum Gasteiger partial charge on any atom is -0.388 e. The molecule has 0 bridgehead atoms. The van der Waals surface area contributed by atoms with Gasteiger partial charge in [-0.25, -0.2) is 4.39 Å². The number of nitrogens with zero attached hydrogens (tertiary/aromatic N) is 2. The number of aromatic nitrogens is 2. The maximum absolute atomic E-state index is 13.4. The molecule has 0 fully saturated rings. The summed E-state index contributed by atoms with van der Waals surface area (Å²) in [6.07, 6.45) is 2.75. The second-order valence-corrected chi connectivity index (χ2v) is 5.68. The molecular formula is C16H12BrFN2O. The molecule has 5 heteroatoms. The molecule has 21 heavy (non-hydrogen) atoms. The molecule has 0 saturated carbocycles. The van der Waals surface area contributed by atoms with Gasteiger partial charge >= 0.3 is 0 Å². The molecule has 3 rings (SSSR count). The molecule has 0 amide bonds. The number of aliphatic hydroxyl groups excluding tert-OH is 1. The van der Waals surface area contributed by atoms with Gasteiger partial charge in [0.05, 0.1) is 17.1 Å². The monoisotopic (exact) mass is 346 g/mol. The van der Waals surface area contributed by atoms with E-state index >= 15 is 0 Å². The summed E-state index contributed by atoms with van der Waals surface area (Å²) in [5.74, 6) is -0.329. The van der Waals surface area contributed by atoms with Crippen molar-refractivity contribution < 1.29 is 9.50 Å². The molecule has 106 valence electrons. The standard InChI is InChI=1S/C16H12BrFN2O/c17-11-6-10(7-12(18)9-11)8-15(21)13-2-1-3-14-16(13)20-5-4-19-14/h1-7,9,15,21H,8H2. The van der Waals surface area contributed by atoms with Crippen molar-refractivity contribution in [2.24, 2.45) is 0 Å². The first-order chi connectivity index (χ1) is 10.1. The van der Waals surface area contributed by atoms with Crippen LogP contribution in [0.2, 0.25) is 0 Å². The number of rotatable bonds is 3. The predicted octanol–water partition coefficient (Wildman–Crippen LogP) is 3.81. The fraction of sp³-hybridized carbons (Fsp3) is 0.125. The van der Waals surface area contributed by atoms with E-state index in [0.29, 0.717) is 22.0 Å². The van der Waals surface area contributed by atoms with Crippen LogP contribution < -0.4 is 0 Å². The first kappa shape index (κ1) is 14.1. The fourth-order valence-corrected chi connectivity index (χ4v) is 2.86. The van der Waals surface area contributed by atoms with Gasteiger partial charge < -0.3 is 5.11 Å². The Hall–Kier alpha value is -1.85. The Balaban J connectivity index is 1.95. The Bertz CT molecular complexity index is 769. The van der Waals surface area contributed by atoms with Gasteiger partial charge in [-0.3, -0.25) is 9.97 Å². The van der Waals surface area contributed by atoms with Crippen LogP contribution in [0, 0.1) is 5.82 Å². The summed E-state index contributed by atoms with van der Waals surface area (Å²) < 4.78 is 14.1. The van der Waals surface area contributed by atoms with Crippen LogP contribution in [0.4, 0.5) is 4.39 Å². The summed E-state index contributed by atoms with van der Waals surface area (Å²) >= 11 is 3.25. The smallest absolute Gasteiger partial charge is 0.124 e. The van der Waals surface area contributed by atoms with Gasteiger partial charge in [-0.15, -0.1) is 0 Å². The zero-order valence-electron chi connectivity index (χ0n) is 11.0. The lowest BCUT2D eigenvalue weighted by Crippen LogP contribution is -2.04. The second-order valence-electron chi connectivity index (χ2n) is 4.77. The van der Waals surface area contributed by atoms with Gasteiger partial charge in [-0.1, -0.05) is 28.1 Å². The highest BCUT2D eigenvalue weighted by atomic mass is 79.9. The van der Waals surface area contributed by atoms with Crippen LogP contribution in [-0.2, 0) is 6.42 Å². The molecule has 0 spiro atoms. The largest absolute Gasteiger partial charge is 0.388 e. The first-order valence-electron chi connectivity index (χ1n) is 6.46. The van der Waals surface area contributed by atoms with E-state index in [-0.39, 0.29) is 5.82 Å². The SMILES string of the molecule is OC(Cc1cc(F)cc(Br)c1)c1cccc2nccnc12. The van der Waals surface area contributed by atoms with Gasteiger partial charge in [-0.05, 0) is 29.8 Å². The fourth-order valence-electron chi connectivity index (χ4n) is 2.35. The number of benzene rings is 2. The summed E-state index contributed by atoms with van der Waals surface area (Å²) in [7, 11) is 0. The minimum absolute atomic E-state index is 0.312. The van der Waals surface area contributed by atoms with Gasteiger partial charge in [0.1, 0.15) is 5.82 Å². The minimum atomic E-state index is -0.765. The molecule has 3 nitrogen and oxygen atoms in total. The van der Waals surface area contributed by atoms with Gasteiger partial charge in [0.2, 0.25) is 0 Å². The molecule has 0 aliphatic rings. The Morgan fingerprint density at radius 2 is 1.95 bits per heavy atom. The maximum Gasteiger partial charge on any atom is 0.124 e. The Morgan fingerprint density at radius 1 is 1.14 bits per heavy atom. The summed E-state index contributed by atoms with van der Waals surface area (Å²) in [5.41, 5.74) is 2.81. The summed E-state index contributed by atoms with van der Waals surface area (Å²) in [4.78, 5) is 8.49. The molecule has 1 unspecified atom stereocenters. The van der Waals surface area contributed by atoms with E-state index in [1.54, 1.807) is 18.5 Å². The van der Waals surface area contributed by atoms with E-state index < -0.39 is 6.10 Å². The van der Waals surface area contributed by atoms with E-state index in [4.69, 9.17) is 0 Å². The van der Waals surface area contributed by atoms with Crippen molar-refractivity contribution in [3.05, 3.63) is 70.2 Å². The number of para-hydroxylation sites is 1. The molecule has 0 aliphatic heterocycles. The third-order valence-corrected chi connectivity index (χ3v) is 3.70. The molecule has 0 aliphatic carbocycles. The van der Waals surface area contributed by atoms with E-state index in [0.717, 1.165) is 11.1 Å². The Labute approximate surface area is 129 Å². The van der Waals surface area contributed by atoms with Crippen molar-refractivity contribution in [1.29, 1.82) is 0 Å². The highest BCUT2D eigenvalue weighted by Gasteiger charge is 2.14. The zero-order valence-corrected chi connectivity index (χ0v) is 12.6. The molecule has 1 heterocycles. The highest BCUT2D eigenvalue weighted by molar-refractivity contribution is 9.10. The molecule has 1 N–H and O–H groups in total. The number of halogens is 2. The Kier molecular flexibility index (Phi) is 3.94. The van der Waals surface area contributed by atoms with E-state index in [9.17, 15) is 9.50 Å². The highest BCUT2D eigenvalue weighted by Crippen LogP contribution is 2.25. The lowest BCUT2D eigenvalue weighted by atomic mass is 10.00. The number of hydrogen-bond donors (Lipinski definition) is 1. The molecule has 1 atom stereocenters. The van der Waals surface area contributed by atoms with Gasteiger partial charge in [0, 0.05) is 28.9 Å². The van der Waals surface area contributed by atoms with Crippen molar-refractivity contribution in [3.63, 3.8) is 0 Å². The Morgan fingerprint density at radius 3 is 2.76 bits per heavy atom. The van der Waals surface area contributed by atoms with Crippen LogP contribution in [0.15, 0.2) is 53.3 Å². The van der Waals surface area contributed by atoms with Crippen molar-refractivity contribution in [3.8, 4) is 0 Å². The third kappa shape index (κ3) is 3.09. The first-order valence-corrected chi connectivity index (χ1v) is 7.25. The summed E-state index contributed by atoms with van der Waals surface area (Å²) in [6, 6.07) is 10.1. The lowest BCUT2D eigenvalue weighted by Gasteiger charge is -2.13. The topological polar surface area (TPSA) is 46.0 Å². The van der Waals surface area contributed by atoms with Gasteiger partial charge in [-0.2, -0.15) is 0 Å². The van der Waals surface area contributed by atoms with Crippen LogP contribution >= 0.6 is 15.9 Å². The van der Waals surface area contributed by atoms with Crippen LogP contribution in [-0.4, -0.2) is 15.1 Å². The van der Waals surface area contributed by atoms with Gasteiger partial charge in [0.15, 0.2) is 0 Å². The predicted molar refractivity (Wildman–Crippen MR) is 82.3 cm³/mol. The van der Waals surface area contributed by atoms with Crippen LogP contribution in [0.1, 0.15) is 17.2 Å². The van der Waals surface area contributed by atoms with Crippen molar-refractivity contribution >= 4 is 27.0 Å². The molecule has 0 radical (unpaired) electrons. The normalized spacial score (nSPS) is 12.5. The van der Waals surface area contributed by atoms with Crippen molar-refractivity contribution in [2.45, 2.75) is 12.5 Å². The summed E-state index contributed by atoms with van der Waals surface area (Å²) in [6.45, 7) is 0. The molecule has 2 aromatic carbocycles. The van der Waals surface area contributed by atoms with E-state index in [1.807, 2.05) is 18.2 Å². The summed E-state index contributed by atoms with van der Waals surface area (Å²) in [5, 5.41) is 10.4. The number of fused-ring (bicyclic) bond motifs is 1. The average molecular weight is 347 g/mol. The third-order valence-electron chi connectivity index (χ3n) is 3.24. The molecule has 3 aromatic rings. The van der Waals surface area contributed by atoms with Crippen molar-refractivity contribution in [1.82, 2.24) is 9.97 Å². The zero-order chi connectivity index (χ0) is 14.8. The number of hydrogen-bond acceptors (Lipinski definition) is 3. The maximum atomic E-state index is 13.4. The second kappa shape index (κ2) is 5.87. The van der Waals surface area contributed by atoms with Crippen LogP contribution in [0.25, 0.3) is 11.0 Å². The quantitative estimate of drug-likeness (QED) is 0.784. The van der Waals surface area contributed by atoms with Crippen LogP contribution in [0.3, 0.4) is 0 Å². The lowest BCUT2D eigenvalue weighted by molar-refractivity contribution is 0.179. The molecular weight excluding hydrogens is 335 g/mol. The average Bonchev–Trinajstić information content (AvgIpc) is 2.45. The van der Waals surface area contributed by atoms with E-state index in [1.165, 1.54) is 12.1 Å². The number of aliphatic hydroxyl groups is 1. The van der Waals surface area contributed by atoms with Crippen LogP contribution in [0.5, 0.6) is 0 Å². The van der Waals surface area contributed by atoms with Gasteiger partial charge in [0.25, 0.3) is 0 Å². The van der Waals surface area contributed by atoms with Crippen molar-refractivity contribution in [2.75, 3.05) is 0 Å². The molecule has 1 aromatic heterocycles. The van der Waals surface area contributed by atoms with E-state index in [2.05, 4.69) is 25.9 Å².